The zero-order chi connectivity index (χ0) is 15.5. The van der Waals surface area contributed by atoms with Crippen molar-refractivity contribution in [3.63, 3.8) is 0 Å². The maximum Gasteiger partial charge on any atom is 0.149 e. The Balaban J connectivity index is 1.56. The first-order valence-corrected chi connectivity index (χ1v) is 7.86. The molecule has 0 aliphatic rings. The summed E-state index contributed by atoms with van der Waals surface area (Å²) in [5, 5.41) is 5.51. The predicted molar refractivity (Wildman–Crippen MR) is 87.7 cm³/mol. The summed E-state index contributed by atoms with van der Waals surface area (Å²) in [6, 6.07) is 7.69. The van der Waals surface area contributed by atoms with Gasteiger partial charge in [-0.05, 0) is 24.3 Å². The van der Waals surface area contributed by atoms with Gasteiger partial charge in [-0.25, -0.2) is 15.0 Å². The molecule has 0 saturated heterocycles. The van der Waals surface area contributed by atoms with Crippen LogP contribution in [0.2, 0.25) is 0 Å². The second-order valence-corrected chi connectivity index (χ2v) is 5.87. The van der Waals surface area contributed by atoms with E-state index in [0.717, 1.165) is 27.0 Å². The van der Waals surface area contributed by atoms with Gasteiger partial charge in [0.2, 0.25) is 0 Å². The smallest absolute Gasteiger partial charge is 0.149 e. The molecule has 7 heteroatoms. The lowest BCUT2D eigenvalue weighted by Crippen LogP contribution is -2.04. The van der Waals surface area contributed by atoms with Gasteiger partial charge in [0.15, 0.2) is 0 Å². The van der Waals surface area contributed by atoms with Crippen LogP contribution in [0.4, 0.5) is 0 Å². The lowest BCUT2D eigenvalue weighted by molar-refractivity contribution is 0.657. The van der Waals surface area contributed by atoms with Crippen LogP contribution in [0.15, 0.2) is 61.4 Å². The van der Waals surface area contributed by atoms with E-state index < -0.39 is 0 Å². The molecule has 0 amide bonds. The van der Waals surface area contributed by atoms with Crippen molar-refractivity contribution in [1.82, 2.24) is 29.7 Å². The topological polar surface area (TPSA) is 69.4 Å². The van der Waals surface area contributed by atoms with Crippen LogP contribution in [0.5, 0.6) is 0 Å². The lowest BCUT2D eigenvalue weighted by atomic mass is 10.3. The molecule has 4 rings (SSSR count). The minimum absolute atomic E-state index is 0.551. The van der Waals surface area contributed by atoms with Gasteiger partial charge in [0, 0.05) is 42.7 Å². The van der Waals surface area contributed by atoms with Crippen LogP contribution < -0.4 is 0 Å². The Hall–Kier alpha value is -2.93. The molecule has 0 aliphatic heterocycles. The zero-order valence-electron chi connectivity index (χ0n) is 12.1. The highest BCUT2D eigenvalue weighted by atomic mass is 32.1. The third-order valence-electron chi connectivity index (χ3n) is 3.23. The molecule has 4 aromatic heterocycles. The molecule has 0 aliphatic carbocycles. The van der Waals surface area contributed by atoms with Gasteiger partial charge in [0.05, 0.1) is 4.88 Å². The van der Waals surface area contributed by atoms with E-state index in [1.807, 2.05) is 41.5 Å². The number of hydrogen-bond acceptors (Lipinski definition) is 6. The molecule has 0 saturated carbocycles. The van der Waals surface area contributed by atoms with E-state index in [1.165, 1.54) is 0 Å². The highest BCUT2D eigenvalue weighted by molar-refractivity contribution is 7.18. The maximum atomic E-state index is 4.57. The van der Waals surface area contributed by atoms with Crippen LogP contribution in [-0.2, 0) is 6.54 Å². The number of thiazole rings is 1. The third kappa shape index (κ3) is 3.00. The molecule has 23 heavy (non-hydrogen) atoms. The molecular formula is C16H12N6S. The van der Waals surface area contributed by atoms with Gasteiger partial charge in [0.1, 0.15) is 23.1 Å². The molecule has 0 aromatic carbocycles. The molecule has 6 nitrogen and oxygen atoms in total. The fourth-order valence-electron chi connectivity index (χ4n) is 2.15. The summed E-state index contributed by atoms with van der Waals surface area (Å²) in [4.78, 5) is 18.0. The first kappa shape index (κ1) is 13.7. The van der Waals surface area contributed by atoms with Crippen molar-refractivity contribution in [2.24, 2.45) is 0 Å². The highest BCUT2D eigenvalue weighted by Crippen LogP contribution is 2.30. The Kier molecular flexibility index (Phi) is 3.61. The molecule has 0 unspecified atom stereocenters. The Morgan fingerprint density at radius 1 is 0.957 bits per heavy atom. The van der Waals surface area contributed by atoms with E-state index in [2.05, 4.69) is 25.0 Å². The Labute approximate surface area is 136 Å². The fourth-order valence-corrected chi connectivity index (χ4v) is 3.02. The summed E-state index contributed by atoms with van der Waals surface area (Å²) in [6.07, 6.45) is 10.8. The first-order chi connectivity index (χ1) is 11.4. The van der Waals surface area contributed by atoms with Crippen molar-refractivity contribution in [2.45, 2.75) is 6.54 Å². The normalized spacial score (nSPS) is 10.8. The number of pyridine rings is 1. The maximum absolute atomic E-state index is 4.57. The van der Waals surface area contributed by atoms with Crippen LogP contribution in [0.1, 0.15) is 5.82 Å². The Morgan fingerprint density at radius 3 is 2.70 bits per heavy atom. The third-order valence-corrected chi connectivity index (χ3v) is 4.30. The van der Waals surface area contributed by atoms with Gasteiger partial charge < -0.3 is 0 Å². The summed E-state index contributed by atoms with van der Waals surface area (Å²) in [6.45, 7) is 0.551. The lowest BCUT2D eigenvalue weighted by Gasteiger charge is -1.98. The van der Waals surface area contributed by atoms with E-state index >= 15 is 0 Å². The van der Waals surface area contributed by atoms with Crippen molar-refractivity contribution in [2.75, 3.05) is 0 Å². The van der Waals surface area contributed by atoms with Crippen molar-refractivity contribution in [3.8, 4) is 21.1 Å². The molecule has 0 atom stereocenters. The summed E-state index contributed by atoms with van der Waals surface area (Å²) >= 11 is 1.60. The monoisotopic (exact) mass is 320 g/mol. The Bertz CT molecular complexity index is 900. The predicted octanol–water partition coefficient (Wildman–Crippen LogP) is 2.91. The molecule has 4 aromatic rings. The van der Waals surface area contributed by atoms with Gasteiger partial charge in [-0.15, -0.1) is 11.3 Å². The van der Waals surface area contributed by atoms with E-state index in [0.29, 0.717) is 6.54 Å². The van der Waals surface area contributed by atoms with Gasteiger partial charge in [-0.1, -0.05) is 0 Å². The van der Waals surface area contributed by atoms with Crippen molar-refractivity contribution < 1.29 is 0 Å². The van der Waals surface area contributed by atoms with Gasteiger partial charge in [-0.3, -0.25) is 9.67 Å². The number of hydrogen-bond donors (Lipinski definition) is 0. The molecule has 112 valence electrons. The molecule has 0 fully saturated rings. The molecule has 0 radical (unpaired) electrons. The average Bonchev–Trinajstić information content (AvgIpc) is 3.26. The van der Waals surface area contributed by atoms with Gasteiger partial charge >= 0.3 is 0 Å². The molecule has 4 heterocycles. The largest absolute Gasteiger partial charge is 0.264 e. The fraction of sp³-hybridized carbons (Fsp3) is 0.0625. The van der Waals surface area contributed by atoms with Crippen LogP contribution in [0.3, 0.4) is 0 Å². The quantitative estimate of drug-likeness (QED) is 0.578. The standard InChI is InChI=1S/C16H12N6S/c1-3-12(9-17-5-1)16-20-10-14(23-16)13-4-8-22(21-13)11-15-18-6-2-7-19-15/h1-10H,11H2. The second kappa shape index (κ2) is 6.05. The SMILES string of the molecule is c1cnc(Cn2ccc(-c3cnc(-c4cccnc4)s3)n2)nc1. The molecule has 0 N–H and O–H groups in total. The summed E-state index contributed by atoms with van der Waals surface area (Å²) in [5.74, 6) is 0.738. The number of aromatic nitrogens is 6. The highest BCUT2D eigenvalue weighted by Gasteiger charge is 2.09. The van der Waals surface area contributed by atoms with Crippen LogP contribution in [0.25, 0.3) is 21.1 Å². The van der Waals surface area contributed by atoms with Gasteiger partial charge in [0.25, 0.3) is 0 Å². The minimum atomic E-state index is 0.551. The molecule has 0 bridgehead atoms. The first-order valence-electron chi connectivity index (χ1n) is 7.04. The Morgan fingerprint density at radius 2 is 1.87 bits per heavy atom. The van der Waals surface area contributed by atoms with Crippen LogP contribution in [0, 0.1) is 0 Å². The van der Waals surface area contributed by atoms with Crippen LogP contribution in [-0.4, -0.2) is 29.7 Å². The molecule has 0 spiro atoms. The second-order valence-electron chi connectivity index (χ2n) is 4.83. The van der Waals surface area contributed by atoms with E-state index in [1.54, 1.807) is 36.0 Å². The van der Waals surface area contributed by atoms with Gasteiger partial charge in [-0.2, -0.15) is 5.10 Å². The summed E-state index contributed by atoms with van der Waals surface area (Å²) < 4.78 is 1.83. The van der Waals surface area contributed by atoms with Crippen molar-refractivity contribution in [1.29, 1.82) is 0 Å². The number of nitrogens with zero attached hydrogens (tertiary/aromatic N) is 6. The summed E-state index contributed by atoms with van der Waals surface area (Å²) in [5.41, 5.74) is 1.91. The number of rotatable bonds is 4. The van der Waals surface area contributed by atoms with Crippen molar-refractivity contribution in [3.05, 3.63) is 67.3 Å². The van der Waals surface area contributed by atoms with Crippen molar-refractivity contribution >= 4 is 11.3 Å². The van der Waals surface area contributed by atoms with E-state index in [4.69, 9.17) is 0 Å². The van der Waals surface area contributed by atoms with E-state index in [9.17, 15) is 0 Å². The van der Waals surface area contributed by atoms with E-state index in [-0.39, 0.29) is 0 Å². The molecular weight excluding hydrogens is 308 g/mol. The average molecular weight is 320 g/mol. The zero-order valence-corrected chi connectivity index (χ0v) is 12.9. The summed E-state index contributed by atoms with van der Waals surface area (Å²) in [7, 11) is 0. The minimum Gasteiger partial charge on any atom is -0.264 e. The van der Waals surface area contributed by atoms with Crippen LogP contribution >= 0.6 is 11.3 Å².